The Hall–Kier alpha value is -1.09. The van der Waals surface area contributed by atoms with Crippen LogP contribution in [0.4, 0.5) is 10.1 Å². The number of anilines is 1. The summed E-state index contributed by atoms with van der Waals surface area (Å²) in [5.41, 5.74) is 0.166. The Morgan fingerprint density at radius 3 is 2.80 bits per heavy atom. The van der Waals surface area contributed by atoms with E-state index in [4.69, 9.17) is 11.6 Å². The van der Waals surface area contributed by atoms with Gasteiger partial charge in [-0.05, 0) is 31.0 Å². The van der Waals surface area contributed by atoms with E-state index in [9.17, 15) is 9.18 Å². The lowest BCUT2D eigenvalue weighted by molar-refractivity contribution is -0.122. The molecule has 0 heterocycles. The number of nitrogens with one attached hydrogen (secondary N) is 1. The van der Waals surface area contributed by atoms with E-state index in [1.54, 1.807) is 0 Å². The molecule has 0 atom stereocenters. The van der Waals surface area contributed by atoms with Crippen LogP contribution in [-0.2, 0) is 4.79 Å². The Bertz CT molecular complexity index is 390. The molecule has 0 aliphatic heterocycles. The van der Waals surface area contributed by atoms with Gasteiger partial charge in [0.05, 0.1) is 5.69 Å². The summed E-state index contributed by atoms with van der Waals surface area (Å²) >= 11 is 5.71. The first-order valence-corrected chi connectivity index (χ1v) is 5.30. The summed E-state index contributed by atoms with van der Waals surface area (Å²) in [7, 11) is 0. The molecule has 1 saturated carbocycles. The van der Waals surface area contributed by atoms with Gasteiger partial charge in [-0.3, -0.25) is 4.79 Å². The molecule has 0 bridgehead atoms. The van der Waals surface area contributed by atoms with E-state index in [-0.39, 0.29) is 17.5 Å². The number of rotatable bonds is 2. The molecular formula is C11H11ClFNO. The van der Waals surface area contributed by atoms with Crippen LogP contribution in [0.15, 0.2) is 18.2 Å². The maximum atomic E-state index is 13.2. The minimum atomic E-state index is -0.452. The van der Waals surface area contributed by atoms with Crippen LogP contribution in [0.2, 0.25) is 5.02 Å². The zero-order valence-electron chi connectivity index (χ0n) is 8.09. The van der Waals surface area contributed by atoms with Gasteiger partial charge in [0.1, 0.15) is 5.82 Å². The van der Waals surface area contributed by atoms with E-state index in [1.165, 1.54) is 18.2 Å². The largest absolute Gasteiger partial charge is 0.323 e. The number of carbonyl (C=O) groups is 1. The summed E-state index contributed by atoms with van der Waals surface area (Å²) in [6.07, 6.45) is 2.87. The van der Waals surface area contributed by atoms with Crippen LogP contribution < -0.4 is 5.32 Å². The van der Waals surface area contributed by atoms with Gasteiger partial charge < -0.3 is 5.32 Å². The normalized spacial score (nSPS) is 15.9. The highest BCUT2D eigenvalue weighted by molar-refractivity contribution is 6.30. The molecule has 1 N–H and O–H groups in total. The predicted octanol–water partition coefficient (Wildman–Crippen LogP) is 3.22. The van der Waals surface area contributed by atoms with Crippen LogP contribution >= 0.6 is 11.6 Å². The van der Waals surface area contributed by atoms with E-state index in [0.29, 0.717) is 5.02 Å². The lowest BCUT2D eigenvalue weighted by atomic mass is 9.85. The van der Waals surface area contributed by atoms with Crippen LogP contribution in [-0.4, -0.2) is 5.91 Å². The number of carbonyl (C=O) groups excluding carboxylic acids is 1. The number of hydrogen-bond acceptors (Lipinski definition) is 1. The van der Waals surface area contributed by atoms with E-state index < -0.39 is 5.82 Å². The van der Waals surface area contributed by atoms with Crippen molar-refractivity contribution in [2.45, 2.75) is 19.3 Å². The molecule has 1 amide bonds. The Kier molecular flexibility index (Phi) is 2.91. The van der Waals surface area contributed by atoms with Crippen molar-refractivity contribution in [2.75, 3.05) is 5.32 Å². The second kappa shape index (κ2) is 4.19. The average molecular weight is 228 g/mol. The Labute approximate surface area is 92.4 Å². The van der Waals surface area contributed by atoms with E-state index in [2.05, 4.69) is 5.32 Å². The monoisotopic (exact) mass is 227 g/mol. The zero-order valence-corrected chi connectivity index (χ0v) is 8.85. The van der Waals surface area contributed by atoms with Crippen molar-refractivity contribution in [1.82, 2.24) is 0 Å². The van der Waals surface area contributed by atoms with Crippen molar-refractivity contribution in [3.8, 4) is 0 Å². The maximum Gasteiger partial charge on any atom is 0.227 e. The van der Waals surface area contributed by atoms with Crippen molar-refractivity contribution >= 4 is 23.2 Å². The van der Waals surface area contributed by atoms with Gasteiger partial charge in [0.25, 0.3) is 0 Å². The Morgan fingerprint density at radius 1 is 1.47 bits per heavy atom. The standard InChI is InChI=1S/C11H11ClFNO/c12-8-4-5-9(13)10(6-8)14-11(15)7-2-1-3-7/h4-7H,1-3H2,(H,14,15). The van der Waals surface area contributed by atoms with E-state index >= 15 is 0 Å². The highest BCUT2D eigenvalue weighted by atomic mass is 35.5. The quantitative estimate of drug-likeness (QED) is 0.826. The zero-order chi connectivity index (χ0) is 10.8. The highest BCUT2D eigenvalue weighted by Crippen LogP contribution is 2.28. The molecule has 1 aromatic carbocycles. The topological polar surface area (TPSA) is 29.1 Å². The second-order valence-electron chi connectivity index (χ2n) is 3.74. The number of amides is 1. The third kappa shape index (κ3) is 2.29. The van der Waals surface area contributed by atoms with Crippen LogP contribution in [0.25, 0.3) is 0 Å². The summed E-state index contributed by atoms with van der Waals surface area (Å²) < 4.78 is 13.2. The minimum Gasteiger partial charge on any atom is -0.323 e. The van der Waals surface area contributed by atoms with Crippen LogP contribution in [0, 0.1) is 11.7 Å². The lowest BCUT2D eigenvalue weighted by Gasteiger charge is -2.24. The summed E-state index contributed by atoms with van der Waals surface area (Å²) in [5.74, 6) is -0.516. The van der Waals surface area contributed by atoms with Gasteiger partial charge in [0, 0.05) is 10.9 Å². The molecule has 2 rings (SSSR count). The third-order valence-corrected chi connectivity index (χ3v) is 2.90. The van der Waals surface area contributed by atoms with Gasteiger partial charge in [-0.25, -0.2) is 4.39 Å². The average Bonchev–Trinajstić information content (AvgIpc) is 2.08. The molecule has 1 fully saturated rings. The molecule has 0 saturated heterocycles. The number of benzene rings is 1. The molecule has 0 radical (unpaired) electrons. The first-order valence-electron chi connectivity index (χ1n) is 4.93. The van der Waals surface area contributed by atoms with Gasteiger partial charge in [0.2, 0.25) is 5.91 Å². The molecule has 80 valence electrons. The summed E-state index contributed by atoms with van der Waals surface area (Å²) in [6.45, 7) is 0. The van der Waals surface area contributed by atoms with Crippen LogP contribution in [0.1, 0.15) is 19.3 Å². The Balaban J connectivity index is 2.09. The van der Waals surface area contributed by atoms with Crippen molar-refractivity contribution in [2.24, 2.45) is 5.92 Å². The van der Waals surface area contributed by atoms with Crippen molar-refractivity contribution in [3.63, 3.8) is 0 Å². The Morgan fingerprint density at radius 2 is 2.20 bits per heavy atom. The highest BCUT2D eigenvalue weighted by Gasteiger charge is 2.25. The maximum absolute atomic E-state index is 13.2. The lowest BCUT2D eigenvalue weighted by Crippen LogP contribution is -2.28. The first-order chi connectivity index (χ1) is 7.16. The molecule has 1 aliphatic carbocycles. The summed E-state index contributed by atoms with van der Waals surface area (Å²) in [6, 6.07) is 4.13. The fourth-order valence-electron chi connectivity index (χ4n) is 1.50. The molecule has 2 nitrogen and oxygen atoms in total. The minimum absolute atomic E-state index is 0.0448. The molecule has 15 heavy (non-hydrogen) atoms. The summed E-state index contributed by atoms with van der Waals surface area (Å²) in [5, 5.41) is 2.97. The predicted molar refractivity (Wildman–Crippen MR) is 57.4 cm³/mol. The van der Waals surface area contributed by atoms with E-state index in [0.717, 1.165) is 19.3 Å². The van der Waals surface area contributed by atoms with Gasteiger partial charge in [0.15, 0.2) is 0 Å². The van der Waals surface area contributed by atoms with Gasteiger partial charge in [-0.15, -0.1) is 0 Å². The van der Waals surface area contributed by atoms with Crippen LogP contribution in [0.3, 0.4) is 0 Å². The SMILES string of the molecule is O=C(Nc1cc(Cl)ccc1F)C1CCC1. The molecule has 1 aliphatic rings. The molecule has 1 aromatic rings. The summed E-state index contributed by atoms with van der Waals surface area (Å²) in [4.78, 5) is 11.5. The fourth-order valence-corrected chi connectivity index (χ4v) is 1.67. The van der Waals surface area contributed by atoms with Gasteiger partial charge >= 0.3 is 0 Å². The molecule has 0 unspecified atom stereocenters. The van der Waals surface area contributed by atoms with Gasteiger partial charge in [-0.1, -0.05) is 18.0 Å². The number of hydrogen-bond donors (Lipinski definition) is 1. The van der Waals surface area contributed by atoms with Crippen molar-refractivity contribution < 1.29 is 9.18 Å². The van der Waals surface area contributed by atoms with Crippen molar-refractivity contribution in [1.29, 1.82) is 0 Å². The smallest absolute Gasteiger partial charge is 0.227 e. The molecular weight excluding hydrogens is 217 g/mol. The molecule has 0 aromatic heterocycles. The first kappa shape index (κ1) is 10.4. The van der Waals surface area contributed by atoms with E-state index in [1.807, 2.05) is 0 Å². The number of halogens is 2. The third-order valence-electron chi connectivity index (χ3n) is 2.66. The van der Waals surface area contributed by atoms with Crippen LogP contribution in [0.5, 0.6) is 0 Å². The van der Waals surface area contributed by atoms with Gasteiger partial charge in [-0.2, -0.15) is 0 Å². The molecule has 0 spiro atoms. The second-order valence-corrected chi connectivity index (χ2v) is 4.18. The van der Waals surface area contributed by atoms with Crippen molar-refractivity contribution in [3.05, 3.63) is 29.0 Å². The molecule has 4 heteroatoms. The fraction of sp³-hybridized carbons (Fsp3) is 0.364.